The highest BCUT2D eigenvalue weighted by Gasteiger charge is 2.07. The van der Waals surface area contributed by atoms with Crippen LogP contribution in [-0.2, 0) is 11.3 Å². The number of amides is 1. The average Bonchev–Trinajstić information content (AvgIpc) is 2.79. The molecule has 166 valence electrons. The van der Waals surface area contributed by atoms with Crippen LogP contribution in [0.2, 0.25) is 0 Å². The van der Waals surface area contributed by atoms with Gasteiger partial charge in [0.2, 0.25) is 5.91 Å². The van der Waals surface area contributed by atoms with Gasteiger partial charge in [-0.25, -0.2) is 0 Å². The summed E-state index contributed by atoms with van der Waals surface area (Å²) in [6.45, 7) is 3.10. The summed E-state index contributed by atoms with van der Waals surface area (Å²) in [4.78, 5) is 12.1. The first-order chi connectivity index (χ1) is 15.0. The summed E-state index contributed by atoms with van der Waals surface area (Å²) in [7, 11) is 4.73. The molecule has 7 nitrogen and oxygen atoms in total. The number of hydrogen-bond acceptors (Lipinski definition) is 6. The van der Waals surface area contributed by atoms with Crippen LogP contribution in [0.25, 0.3) is 6.08 Å². The quantitative estimate of drug-likeness (QED) is 0.427. The molecule has 31 heavy (non-hydrogen) atoms. The van der Waals surface area contributed by atoms with Crippen LogP contribution in [-0.4, -0.2) is 39.0 Å². The van der Waals surface area contributed by atoms with Crippen molar-refractivity contribution in [3.05, 3.63) is 53.6 Å². The van der Waals surface area contributed by atoms with E-state index < -0.39 is 0 Å². The lowest BCUT2D eigenvalue weighted by molar-refractivity contribution is -0.115. The molecule has 2 aromatic carbocycles. The minimum Gasteiger partial charge on any atom is -0.493 e. The zero-order valence-electron chi connectivity index (χ0n) is 18.2. The fourth-order valence-corrected chi connectivity index (χ4v) is 2.83. The van der Waals surface area contributed by atoms with Gasteiger partial charge in [-0.2, -0.15) is 0 Å². The molecule has 0 saturated carbocycles. The molecule has 0 aliphatic rings. The molecule has 0 aliphatic carbocycles. The van der Waals surface area contributed by atoms with Crippen molar-refractivity contribution in [3.63, 3.8) is 0 Å². The van der Waals surface area contributed by atoms with Crippen LogP contribution < -0.4 is 29.6 Å². The number of carbonyl (C=O) groups is 1. The molecule has 0 aliphatic heterocycles. The van der Waals surface area contributed by atoms with E-state index in [2.05, 4.69) is 10.6 Å². The first-order valence-corrected chi connectivity index (χ1v) is 10.2. The van der Waals surface area contributed by atoms with E-state index in [4.69, 9.17) is 31.2 Å². The maximum atomic E-state index is 12.1. The van der Waals surface area contributed by atoms with E-state index in [-0.39, 0.29) is 11.0 Å². The van der Waals surface area contributed by atoms with Gasteiger partial charge in [0.25, 0.3) is 0 Å². The topological polar surface area (TPSA) is 78.1 Å². The van der Waals surface area contributed by atoms with Crippen molar-refractivity contribution in [2.75, 3.05) is 27.9 Å². The number of benzene rings is 2. The standard InChI is InChI=1S/C23H28N2O5S/c1-5-12-30-19-10-7-17(14-21(19)29-4)15-24-23(31)25-22(26)11-8-16-6-9-18(27-2)20(13-16)28-3/h6-11,13-14H,5,12,15H2,1-4H3,(H2,24,25,26,31)/b11-8+. The summed E-state index contributed by atoms with van der Waals surface area (Å²) in [5.41, 5.74) is 1.74. The lowest BCUT2D eigenvalue weighted by Gasteiger charge is -2.13. The fourth-order valence-electron chi connectivity index (χ4n) is 2.66. The van der Waals surface area contributed by atoms with Crippen molar-refractivity contribution in [1.82, 2.24) is 10.6 Å². The number of nitrogens with one attached hydrogen (secondary N) is 2. The molecule has 0 bridgehead atoms. The van der Waals surface area contributed by atoms with Gasteiger partial charge >= 0.3 is 0 Å². The van der Waals surface area contributed by atoms with E-state index in [1.54, 1.807) is 39.5 Å². The molecule has 0 aromatic heterocycles. The first kappa shape index (κ1) is 24.0. The Kier molecular flexibility index (Phi) is 9.64. The summed E-state index contributed by atoms with van der Waals surface area (Å²) in [6.07, 6.45) is 3.98. The summed E-state index contributed by atoms with van der Waals surface area (Å²) >= 11 is 5.21. The molecular formula is C23H28N2O5S. The van der Waals surface area contributed by atoms with Gasteiger partial charge in [-0.1, -0.05) is 19.1 Å². The highest BCUT2D eigenvalue weighted by atomic mass is 32.1. The Hall–Kier alpha value is -3.26. The summed E-state index contributed by atoms with van der Waals surface area (Å²) < 4.78 is 21.5. The molecule has 8 heteroatoms. The summed E-state index contributed by atoms with van der Waals surface area (Å²) in [5, 5.41) is 5.86. The van der Waals surface area contributed by atoms with Gasteiger partial charge < -0.3 is 24.3 Å². The number of hydrogen-bond donors (Lipinski definition) is 2. The molecule has 2 aromatic rings. The number of ether oxygens (including phenoxy) is 4. The Balaban J connectivity index is 1.88. The Morgan fingerprint density at radius 1 is 0.968 bits per heavy atom. The van der Waals surface area contributed by atoms with E-state index in [0.29, 0.717) is 36.1 Å². The molecule has 0 radical (unpaired) electrons. The van der Waals surface area contributed by atoms with Gasteiger partial charge in [-0.05, 0) is 60.1 Å². The van der Waals surface area contributed by atoms with Crippen molar-refractivity contribution in [3.8, 4) is 23.0 Å². The highest BCUT2D eigenvalue weighted by Crippen LogP contribution is 2.29. The van der Waals surface area contributed by atoms with Gasteiger partial charge in [0.05, 0.1) is 27.9 Å². The molecule has 0 spiro atoms. The number of rotatable bonds is 10. The van der Waals surface area contributed by atoms with Crippen LogP contribution in [0.1, 0.15) is 24.5 Å². The van der Waals surface area contributed by atoms with Crippen LogP contribution >= 0.6 is 12.2 Å². The van der Waals surface area contributed by atoms with E-state index >= 15 is 0 Å². The van der Waals surface area contributed by atoms with Crippen molar-refractivity contribution in [1.29, 1.82) is 0 Å². The molecule has 2 N–H and O–H groups in total. The van der Waals surface area contributed by atoms with Crippen LogP contribution in [0.15, 0.2) is 42.5 Å². The van der Waals surface area contributed by atoms with Crippen LogP contribution in [0.4, 0.5) is 0 Å². The molecule has 0 saturated heterocycles. The first-order valence-electron chi connectivity index (χ1n) is 9.79. The van der Waals surface area contributed by atoms with Crippen molar-refractivity contribution in [2.24, 2.45) is 0 Å². The predicted octanol–water partition coefficient (Wildman–Crippen LogP) is 3.71. The predicted molar refractivity (Wildman–Crippen MR) is 125 cm³/mol. The van der Waals surface area contributed by atoms with Gasteiger partial charge in [0, 0.05) is 12.6 Å². The van der Waals surface area contributed by atoms with Crippen molar-refractivity contribution >= 4 is 29.3 Å². The third kappa shape index (κ3) is 7.49. The number of methoxy groups -OCH3 is 3. The van der Waals surface area contributed by atoms with E-state index in [1.165, 1.54) is 6.08 Å². The van der Waals surface area contributed by atoms with E-state index in [1.807, 2.05) is 31.2 Å². The minimum atomic E-state index is -0.340. The second-order valence-electron chi connectivity index (χ2n) is 6.45. The second kappa shape index (κ2) is 12.4. The Labute approximate surface area is 188 Å². The minimum absolute atomic E-state index is 0.229. The van der Waals surface area contributed by atoms with Gasteiger partial charge in [0.15, 0.2) is 28.1 Å². The van der Waals surface area contributed by atoms with Gasteiger partial charge in [0.1, 0.15) is 0 Å². The highest BCUT2D eigenvalue weighted by molar-refractivity contribution is 7.80. The van der Waals surface area contributed by atoms with Gasteiger partial charge in [-0.15, -0.1) is 0 Å². The molecule has 2 rings (SSSR count). The molecule has 0 atom stereocenters. The lowest BCUT2D eigenvalue weighted by atomic mass is 10.2. The number of carbonyl (C=O) groups excluding carboxylic acids is 1. The Morgan fingerprint density at radius 2 is 1.65 bits per heavy atom. The molecule has 0 heterocycles. The van der Waals surface area contributed by atoms with E-state index in [9.17, 15) is 4.79 Å². The number of thiocarbonyl (C=S) groups is 1. The normalized spacial score (nSPS) is 10.5. The maximum Gasteiger partial charge on any atom is 0.250 e. The van der Waals surface area contributed by atoms with Crippen LogP contribution in [0.5, 0.6) is 23.0 Å². The second-order valence-corrected chi connectivity index (χ2v) is 6.86. The SMILES string of the molecule is CCCOc1ccc(CNC(=S)NC(=O)/C=C/c2ccc(OC)c(OC)c2)cc1OC. The third-order valence-corrected chi connectivity index (χ3v) is 4.46. The molecule has 0 unspecified atom stereocenters. The molecule has 0 fully saturated rings. The zero-order chi connectivity index (χ0) is 22.6. The smallest absolute Gasteiger partial charge is 0.250 e. The fraction of sp³-hybridized carbons (Fsp3) is 0.304. The summed E-state index contributed by atoms with van der Waals surface area (Å²) in [6, 6.07) is 11.0. The molecular weight excluding hydrogens is 416 g/mol. The van der Waals surface area contributed by atoms with E-state index in [0.717, 1.165) is 17.5 Å². The van der Waals surface area contributed by atoms with Gasteiger partial charge in [-0.3, -0.25) is 10.1 Å². The Morgan fingerprint density at radius 3 is 2.32 bits per heavy atom. The summed E-state index contributed by atoms with van der Waals surface area (Å²) in [5.74, 6) is 2.22. The van der Waals surface area contributed by atoms with Crippen LogP contribution in [0, 0.1) is 0 Å². The Bertz CT molecular complexity index is 930. The third-order valence-electron chi connectivity index (χ3n) is 4.21. The zero-order valence-corrected chi connectivity index (χ0v) is 19.0. The largest absolute Gasteiger partial charge is 0.493 e. The van der Waals surface area contributed by atoms with Crippen molar-refractivity contribution < 1.29 is 23.7 Å². The average molecular weight is 445 g/mol. The monoisotopic (exact) mass is 444 g/mol. The lowest BCUT2D eigenvalue weighted by Crippen LogP contribution is -2.37. The molecule has 1 amide bonds. The van der Waals surface area contributed by atoms with Crippen molar-refractivity contribution in [2.45, 2.75) is 19.9 Å². The maximum absolute atomic E-state index is 12.1. The van der Waals surface area contributed by atoms with Crippen LogP contribution in [0.3, 0.4) is 0 Å².